The van der Waals surface area contributed by atoms with Crippen LogP contribution in [0.4, 0.5) is 0 Å². The Labute approximate surface area is 127 Å². The summed E-state index contributed by atoms with van der Waals surface area (Å²) in [7, 11) is 0. The van der Waals surface area contributed by atoms with Crippen molar-refractivity contribution in [1.29, 1.82) is 5.26 Å². The summed E-state index contributed by atoms with van der Waals surface area (Å²) < 4.78 is 2.30. The van der Waals surface area contributed by atoms with E-state index < -0.39 is 0 Å². The van der Waals surface area contributed by atoms with Crippen LogP contribution in [0.5, 0.6) is 0 Å². The van der Waals surface area contributed by atoms with Crippen LogP contribution in [-0.4, -0.2) is 10.1 Å². The largest absolute Gasteiger partial charge is 0.347 e. The summed E-state index contributed by atoms with van der Waals surface area (Å²) in [6.45, 7) is 8.44. The van der Waals surface area contributed by atoms with E-state index >= 15 is 0 Å². The Morgan fingerprint density at radius 2 is 2.00 bits per heavy atom. The van der Waals surface area contributed by atoms with Crippen LogP contribution in [0, 0.1) is 11.3 Å². The van der Waals surface area contributed by atoms with Crippen LogP contribution >= 0.6 is 0 Å². The van der Waals surface area contributed by atoms with E-state index in [1.807, 2.05) is 0 Å². The van der Waals surface area contributed by atoms with E-state index in [1.165, 1.54) is 16.5 Å². The molecule has 0 aliphatic carbocycles. The molecule has 0 aliphatic rings. The second-order valence-electron chi connectivity index (χ2n) is 6.58. The van der Waals surface area contributed by atoms with Gasteiger partial charge in [0.1, 0.15) is 0 Å². The minimum Gasteiger partial charge on any atom is -0.347 e. The Morgan fingerprint density at radius 3 is 2.71 bits per heavy atom. The third-order valence-electron chi connectivity index (χ3n) is 3.65. The maximum absolute atomic E-state index is 8.59. The fraction of sp³-hybridized carbons (Fsp3) is 0.500. The zero-order valence-corrected chi connectivity index (χ0v) is 13.3. The van der Waals surface area contributed by atoms with E-state index in [4.69, 9.17) is 5.26 Å². The third kappa shape index (κ3) is 4.34. The van der Waals surface area contributed by atoms with Gasteiger partial charge in [-0.25, -0.2) is 0 Å². The van der Waals surface area contributed by atoms with Crippen LogP contribution in [0.15, 0.2) is 30.5 Å². The second kappa shape index (κ2) is 6.78. The number of rotatable bonds is 6. The highest BCUT2D eigenvalue weighted by Gasteiger charge is 2.11. The van der Waals surface area contributed by atoms with Gasteiger partial charge in [-0.05, 0) is 51.3 Å². The Hall–Kier alpha value is -1.79. The first-order chi connectivity index (χ1) is 10.0. The fourth-order valence-corrected chi connectivity index (χ4v) is 2.48. The predicted molar refractivity (Wildman–Crippen MR) is 88.0 cm³/mol. The number of hydrogen-bond donors (Lipinski definition) is 1. The molecule has 0 amide bonds. The number of hydrogen-bond acceptors (Lipinski definition) is 2. The van der Waals surface area contributed by atoms with Crippen molar-refractivity contribution >= 4 is 10.9 Å². The molecule has 1 aromatic carbocycles. The van der Waals surface area contributed by atoms with Gasteiger partial charge < -0.3 is 9.88 Å². The maximum Gasteiger partial charge on any atom is 0.0621 e. The SMILES string of the molecule is CC(C)(C)NCc1cccc2c1ccn2CCCCC#N. The van der Waals surface area contributed by atoms with E-state index in [0.29, 0.717) is 6.42 Å². The Kier molecular flexibility index (Phi) is 5.03. The molecule has 1 N–H and O–H groups in total. The van der Waals surface area contributed by atoms with Crippen molar-refractivity contribution in [2.45, 2.75) is 58.7 Å². The van der Waals surface area contributed by atoms with Gasteiger partial charge >= 0.3 is 0 Å². The normalized spacial score (nSPS) is 11.7. The summed E-state index contributed by atoms with van der Waals surface area (Å²) >= 11 is 0. The van der Waals surface area contributed by atoms with Crippen molar-refractivity contribution in [1.82, 2.24) is 9.88 Å². The molecule has 1 heterocycles. The van der Waals surface area contributed by atoms with Gasteiger partial charge in [-0.15, -0.1) is 0 Å². The Morgan fingerprint density at radius 1 is 1.19 bits per heavy atom. The summed E-state index contributed by atoms with van der Waals surface area (Å²) in [5, 5.41) is 13.5. The second-order valence-corrected chi connectivity index (χ2v) is 6.58. The van der Waals surface area contributed by atoms with E-state index in [2.05, 4.69) is 67.2 Å². The number of unbranched alkanes of at least 4 members (excludes halogenated alkanes) is 2. The summed E-state index contributed by atoms with van der Waals surface area (Å²) in [5.74, 6) is 0. The van der Waals surface area contributed by atoms with Crippen LogP contribution < -0.4 is 5.32 Å². The highest BCUT2D eigenvalue weighted by atomic mass is 15.0. The molecule has 3 heteroatoms. The molecule has 3 nitrogen and oxygen atoms in total. The Balaban J connectivity index is 2.11. The molecule has 1 aromatic heterocycles. The van der Waals surface area contributed by atoms with Crippen molar-refractivity contribution < 1.29 is 0 Å². The first-order valence-electron chi connectivity index (χ1n) is 7.70. The molecule has 0 fully saturated rings. The lowest BCUT2D eigenvalue weighted by Crippen LogP contribution is -2.35. The molecule has 0 saturated carbocycles. The lowest BCUT2D eigenvalue weighted by Gasteiger charge is -2.21. The maximum atomic E-state index is 8.59. The molecule has 0 aliphatic heterocycles. The van der Waals surface area contributed by atoms with Gasteiger partial charge in [0, 0.05) is 42.1 Å². The molecular formula is C18H25N3. The van der Waals surface area contributed by atoms with Crippen molar-refractivity contribution in [2.75, 3.05) is 0 Å². The zero-order valence-electron chi connectivity index (χ0n) is 13.3. The molecule has 0 radical (unpaired) electrons. The fourth-order valence-electron chi connectivity index (χ4n) is 2.48. The molecule has 0 spiro atoms. The lowest BCUT2D eigenvalue weighted by molar-refractivity contribution is 0.425. The molecule has 21 heavy (non-hydrogen) atoms. The third-order valence-corrected chi connectivity index (χ3v) is 3.65. The number of nitrogens with one attached hydrogen (secondary N) is 1. The quantitative estimate of drug-likeness (QED) is 0.806. The number of benzene rings is 1. The number of nitrogens with zero attached hydrogens (tertiary/aromatic N) is 2. The molecule has 0 bridgehead atoms. The summed E-state index contributed by atoms with van der Waals surface area (Å²) in [5.41, 5.74) is 2.76. The van der Waals surface area contributed by atoms with Gasteiger partial charge in [-0.3, -0.25) is 0 Å². The van der Waals surface area contributed by atoms with Gasteiger partial charge in [-0.1, -0.05) is 12.1 Å². The first-order valence-corrected chi connectivity index (χ1v) is 7.70. The van der Waals surface area contributed by atoms with Gasteiger partial charge in [0.25, 0.3) is 0 Å². The van der Waals surface area contributed by atoms with E-state index in [0.717, 1.165) is 25.9 Å². The van der Waals surface area contributed by atoms with E-state index in [9.17, 15) is 0 Å². The molecule has 0 unspecified atom stereocenters. The van der Waals surface area contributed by atoms with Crippen LogP contribution in [0.2, 0.25) is 0 Å². The average molecular weight is 283 g/mol. The number of aryl methyl sites for hydroxylation is 1. The monoisotopic (exact) mass is 283 g/mol. The van der Waals surface area contributed by atoms with E-state index in [1.54, 1.807) is 0 Å². The number of nitriles is 1. The van der Waals surface area contributed by atoms with E-state index in [-0.39, 0.29) is 5.54 Å². The van der Waals surface area contributed by atoms with Gasteiger partial charge in [0.15, 0.2) is 0 Å². The minimum absolute atomic E-state index is 0.127. The topological polar surface area (TPSA) is 40.8 Å². The predicted octanol–water partition coefficient (Wildman–Crippen LogP) is 4.22. The van der Waals surface area contributed by atoms with Crippen LogP contribution in [-0.2, 0) is 13.1 Å². The molecular weight excluding hydrogens is 258 g/mol. The number of fused-ring (bicyclic) bond motifs is 1. The zero-order chi connectivity index (χ0) is 15.3. The molecule has 2 aromatic rings. The highest BCUT2D eigenvalue weighted by Crippen LogP contribution is 2.21. The molecule has 0 saturated heterocycles. The average Bonchev–Trinajstić information content (AvgIpc) is 2.84. The van der Waals surface area contributed by atoms with Crippen molar-refractivity contribution in [3.8, 4) is 6.07 Å². The molecule has 0 atom stereocenters. The van der Waals surface area contributed by atoms with Crippen molar-refractivity contribution in [2.24, 2.45) is 0 Å². The summed E-state index contributed by atoms with van der Waals surface area (Å²) in [6.07, 6.45) is 4.85. The standard InChI is InChI=1S/C18H25N3/c1-18(2,3)20-14-15-8-7-9-17-16(15)10-13-21(17)12-6-4-5-11-19/h7-10,13,20H,4-6,12,14H2,1-3H3. The van der Waals surface area contributed by atoms with Gasteiger partial charge in [-0.2, -0.15) is 5.26 Å². The smallest absolute Gasteiger partial charge is 0.0621 e. The first kappa shape index (κ1) is 15.6. The molecule has 2 rings (SSSR count). The van der Waals surface area contributed by atoms with Gasteiger partial charge in [0.2, 0.25) is 0 Å². The lowest BCUT2D eigenvalue weighted by atomic mass is 10.1. The van der Waals surface area contributed by atoms with Crippen LogP contribution in [0.1, 0.15) is 45.6 Å². The summed E-state index contributed by atoms with van der Waals surface area (Å²) in [4.78, 5) is 0. The van der Waals surface area contributed by atoms with Crippen molar-refractivity contribution in [3.63, 3.8) is 0 Å². The minimum atomic E-state index is 0.127. The molecule has 112 valence electrons. The Bertz CT molecular complexity index is 626. The van der Waals surface area contributed by atoms with Crippen LogP contribution in [0.25, 0.3) is 10.9 Å². The van der Waals surface area contributed by atoms with Gasteiger partial charge in [0.05, 0.1) is 6.07 Å². The van der Waals surface area contributed by atoms with Crippen LogP contribution in [0.3, 0.4) is 0 Å². The highest BCUT2D eigenvalue weighted by molar-refractivity contribution is 5.83. The number of aromatic nitrogens is 1. The summed E-state index contributed by atoms with van der Waals surface area (Å²) in [6, 6.07) is 10.9. The van der Waals surface area contributed by atoms with Crippen molar-refractivity contribution in [3.05, 3.63) is 36.0 Å².